The number of hydrogen-bond donors (Lipinski definition) is 1. The third kappa shape index (κ3) is 4.18. The molecule has 0 spiro atoms. The number of hydrogen-bond acceptors (Lipinski definition) is 4. The summed E-state index contributed by atoms with van der Waals surface area (Å²) in [6.45, 7) is 3.16. The second-order valence-corrected chi connectivity index (χ2v) is 8.12. The molecular weight excluding hydrogens is 286 g/mol. The fourth-order valence-electron chi connectivity index (χ4n) is 2.68. The van der Waals surface area contributed by atoms with Crippen LogP contribution in [0.2, 0.25) is 0 Å². The molecule has 21 heavy (non-hydrogen) atoms. The van der Waals surface area contributed by atoms with Gasteiger partial charge in [-0.2, -0.15) is 0 Å². The molecule has 0 amide bonds. The van der Waals surface area contributed by atoms with Crippen LogP contribution in [-0.2, 0) is 10.0 Å². The molecule has 0 aliphatic carbocycles. The van der Waals surface area contributed by atoms with Crippen molar-refractivity contribution >= 4 is 15.7 Å². The predicted molar refractivity (Wildman–Crippen MR) is 86.0 cm³/mol. The molecule has 1 fully saturated rings. The molecule has 2 rings (SSSR count). The third-order valence-electron chi connectivity index (χ3n) is 3.93. The van der Waals surface area contributed by atoms with Crippen LogP contribution in [0.4, 0.5) is 5.69 Å². The van der Waals surface area contributed by atoms with Gasteiger partial charge in [0.2, 0.25) is 10.0 Å². The van der Waals surface area contributed by atoms with Crippen LogP contribution in [0.3, 0.4) is 0 Å². The van der Waals surface area contributed by atoms with Crippen molar-refractivity contribution in [3.05, 3.63) is 24.3 Å². The molecule has 1 heterocycles. The van der Waals surface area contributed by atoms with E-state index in [9.17, 15) is 8.42 Å². The van der Waals surface area contributed by atoms with E-state index in [-0.39, 0.29) is 0 Å². The Morgan fingerprint density at radius 1 is 1.38 bits per heavy atom. The highest BCUT2D eigenvalue weighted by Gasteiger charge is 2.19. The van der Waals surface area contributed by atoms with E-state index >= 15 is 0 Å². The summed E-state index contributed by atoms with van der Waals surface area (Å²) in [4.78, 5) is 2.68. The maximum Gasteiger partial charge on any atom is 0.242 e. The number of benzene rings is 1. The third-order valence-corrected chi connectivity index (χ3v) is 5.74. The Morgan fingerprint density at radius 2 is 2.14 bits per heavy atom. The Balaban J connectivity index is 2.01. The molecule has 0 radical (unpaired) electrons. The largest absolute Gasteiger partial charge is 0.385 e. The van der Waals surface area contributed by atoms with E-state index < -0.39 is 10.0 Å². The van der Waals surface area contributed by atoms with Gasteiger partial charge in [0.15, 0.2) is 0 Å². The maximum absolute atomic E-state index is 12.1. The molecule has 1 saturated heterocycles. The molecule has 0 aromatic heterocycles. The van der Waals surface area contributed by atoms with Crippen LogP contribution in [-0.4, -0.2) is 58.4 Å². The highest BCUT2D eigenvalue weighted by atomic mass is 32.2. The van der Waals surface area contributed by atoms with Crippen molar-refractivity contribution < 1.29 is 8.42 Å². The Labute approximate surface area is 128 Å². The van der Waals surface area contributed by atoms with Gasteiger partial charge in [-0.05, 0) is 50.6 Å². The first-order valence-electron chi connectivity index (χ1n) is 7.34. The van der Waals surface area contributed by atoms with Crippen molar-refractivity contribution in [1.82, 2.24) is 9.21 Å². The molecule has 1 aromatic rings. The lowest BCUT2D eigenvalue weighted by Crippen LogP contribution is -2.35. The molecule has 1 atom stereocenters. The summed E-state index contributed by atoms with van der Waals surface area (Å²) in [6.07, 6.45) is 2.46. The van der Waals surface area contributed by atoms with E-state index in [0.29, 0.717) is 10.8 Å². The maximum atomic E-state index is 12.1. The van der Waals surface area contributed by atoms with Gasteiger partial charge in [0.1, 0.15) is 0 Å². The van der Waals surface area contributed by atoms with Gasteiger partial charge in [-0.25, -0.2) is 12.7 Å². The van der Waals surface area contributed by atoms with E-state index in [1.807, 2.05) is 6.07 Å². The second-order valence-electron chi connectivity index (χ2n) is 5.97. The zero-order chi connectivity index (χ0) is 15.5. The number of nitrogens with zero attached hydrogens (tertiary/aromatic N) is 2. The molecule has 1 N–H and O–H groups in total. The van der Waals surface area contributed by atoms with Crippen molar-refractivity contribution in [2.45, 2.75) is 17.7 Å². The van der Waals surface area contributed by atoms with Gasteiger partial charge < -0.3 is 10.2 Å². The van der Waals surface area contributed by atoms with Gasteiger partial charge in [0.25, 0.3) is 0 Å². The normalized spacial score (nSPS) is 20.7. The average molecular weight is 311 g/mol. The van der Waals surface area contributed by atoms with Crippen LogP contribution in [0.15, 0.2) is 29.2 Å². The SMILES string of the molecule is CN1CCCC(CNc2cccc(S(=O)(=O)N(C)C)c2)C1. The van der Waals surface area contributed by atoms with Gasteiger partial charge in [-0.1, -0.05) is 6.07 Å². The number of likely N-dealkylation sites (tertiary alicyclic amines) is 1. The minimum absolute atomic E-state index is 0.332. The number of anilines is 1. The summed E-state index contributed by atoms with van der Waals surface area (Å²) in [7, 11) is 1.88. The summed E-state index contributed by atoms with van der Waals surface area (Å²) in [6, 6.07) is 7.05. The lowest BCUT2D eigenvalue weighted by atomic mass is 9.98. The summed E-state index contributed by atoms with van der Waals surface area (Å²) in [5, 5.41) is 3.38. The van der Waals surface area contributed by atoms with Crippen LogP contribution < -0.4 is 5.32 Å². The van der Waals surface area contributed by atoms with Gasteiger partial charge in [-0.15, -0.1) is 0 Å². The van der Waals surface area contributed by atoms with Gasteiger partial charge >= 0.3 is 0 Å². The number of nitrogens with one attached hydrogen (secondary N) is 1. The van der Waals surface area contributed by atoms with Gasteiger partial charge in [0, 0.05) is 32.9 Å². The smallest absolute Gasteiger partial charge is 0.242 e. The highest BCUT2D eigenvalue weighted by molar-refractivity contribution is 7.89. The molecular formula is C15H25N3O2S. The van der Waals surface area contributed by atoms with Crippen molar-refractivity contribution in [3.8, 4) is 0 Å². The number of sulfonamides is 1. The van der Waals surface area contributed by atoms with Crippen LogP contribution >= 0.6 is 0 Å². The van der Waals surface area contributed by atoms with Crippen LogP contribution in [0.25, 0.3) is 0 Å². The van der Waals surface area contributed by atoms with Gasteiger partial charge in [-0.3, -0.25) is 0 Å². The Kier molecular flexibility index (Phi) is 5.24. The minimum Gasteiger partial charge on any atom is -0.385 e. The van der Waals surface area contributed by atoms with E-state index in [0.717, 1.165) is 18.8 Å². The Morgan fingerprint density at radius 3 is 2.81 bits per heavy atom. The predicted octanol–water partition coefficient (Wildman–Crippen LogP) is 1.69. The Bertz CT molecular complexity index is 572. The van der Waals surface area contributed by atoms with E-state index in [1.165, 1.54) is 23.7 Å². The summed E-state index contributed by atoms with van der Waals surface area (Å²) in [5.41, 5.74) is 0.867. The first-order valence-corrected chi connectivity index (χ1v) is 8.78. The molecule has 5 nitrogen and oxygen atoms in total. The quantitative estimate of drug-likeness (QED) is 0.899. The van der Waals surface area contributed by atoms with Crippen molar-refractivity contribution in [1.29, 1.82) is 0 Å². The number of rotatable bonds is 5. The fourth-order valence-corrected chi connectivity index (χ4v) is 3.63. The lowest BCUT2D eigenvalue weighted by molar-refractivity contribution is 0.217. The summed E-state index contributed by atoms with van der Waals surface area (Å²) in [5.74, 6) is 0.623. The topological polar surface area (TPSA) is 52.7 Å². The molecule has 1 unspecified atom stereocenters. The van der Waals surface area contributed by atoms with Crippen LogP contribution in [0, 0.1) is 5.92 Å². The molecule has 0 bridgehead atoms. The monoisotopic (exact) mass is 311 g/mol. The van der Waals surface area contributed by atoms with E-state index in [4.69, 9.17) is 0 Å². The van der Waals surface area contributed by atoms with Crippen molar-refractivity contribution in [3.63, 3.8) is 0 Å². The molecule has 6 heteroatoms. The Hall–Kier alpha value is -1.11. The highest BCUT2D eigenvalue weighted by Crippen LogP contribution is 2.20. The molecule has 118 valence electrons. The van der Waals surface area contributed by atoms with Crippen LogP contribution in [0.5, 0.6) is 0 Å². The zero-order valence-corrected chi connectivity index (χ0v) is 13.9. The average Bonchev–Trinajstić information content (AvgIpc) is 2.45. The van der Waals surface area contributed by atoms with E-state index in [1.54, 1.807) is 32.3 Å². The van der Waals surface area contributed by atoms with E-state index in [2.05, 4.69) is 17.3 Å². The molecule has 1 aliphatic rings. The van der Waals surface area contributed by atoms with Crippen molar-refractivity contribution in [2.75, 3.05) is 46.1 Å². The molecule has 1 aliphatic heterocycles. The first kappa shape index (κ1) is 16.3. The fraction of sp³-hybridized carbons (Fsp3) is 0.600. The van der Waals surface area contributed by atoms with Crippen LogP contribution in [0.1, 0.15) is 12.8 Å². The zero-order valence-electron chi connectivity index (χ0n) is 13.0. The summed E-state index contributed by atoms with van der Waals surface area (Å²) < 4.78 is 25.5. The lowest BCUT2D eigenvalue weighted by Gasteiger charge is -2.30. The standard InChI is InChI=1S/C15H25N3O2S/c1-17(2)21(19,20)15-8-4-7-14(10-15)16-11-13-6-5-9-18(3)12-13/h4,7-8,10,13,16H,5-6,9,11-12H2,1-3H3. The van der Waals surface area contributed by atoms with Crippen molar-refractivity contribution in [2.24, 2.45) is 5.92 Å². The summed E-state index contributed by atoms with van der Waals surface area (Å²) >= 11 is 0. The minimum atomic E-state index is -3.37. The molecule has 1 aromatic carbocycles. The van der Waals surface area contributed by atoms with Gasteiger partial charge in [0.05, 0.1) is 4.90 Å². The number of piperidine rings is 1. The second kappa shape index (κ2) is 6.77. The first-order chi connectivity index (χ1) is 9.89. The molecule has 0 saturated carbocycles.